The summed E-state index contributed by atoms with van der Waals surface area (Å²) in [7, 11) is -1.99. The second-order valence-corrected chi connectivity index (χ2v) is 10.2. The van der Waals surface area contributed by atoms with E-state index in [1.807, 2.05) is 28.7 Å². The molecule has 0 fully saturated rings. The number of hydrogen-bond donors (Lipinski definition) is 2. The van der Waals surface area contributed by atoms with Gasteiger partial charge in [-0.1, -0.05) is 23.7 Å². The number of rotatable bonds is 10. The largest absolute Gasteiger partial charge is 0.497 e. The van der Waals surface area contributed by atoms with Gasteiger partial charge in [0, 0.05) is 36.1 Å². The number of aromatic nitrogens is 4. The maximum absolute atomic E-state index is 12.4. The van der Waals surface area contributed by atoms with E-state index in [9.17, 15) is 8.42 Å². The minimum absolute atomic E-state index is 0.166. The van der Waals surface area contributed by atoms with Crippen molar-refractivity contribution >= 4 is 33.4 Å². The Balaban J connectivity index is 1.29. The fourth-order valence-electron chi connectivity index (χ4n) is 3.77. The molecule has 0 radical (unpaired) electrons. The molecule has 3 heterocycles. The molecular formula is C25H23ClN6O4S. The molecular weight excluding hydrogens is 516 g/mol. The Bertz CT molecular complexity index is 1630. The summed E-state index contributed by atoms with van der Waals surface area (Å²) in [6, 6.07) is 15.4. The van der Waals surface area contributed by atoms with Crippen molar-refractivity contribution in [3.63, 3.8) is 0 Å². The molecule has 0 aliphatic rings. The quantitative estimate of drug-likeness (QED) is 0.249. The lowest BCUT2D eigenvalue weighted by Crippen LogP contribution is -2.26. The topological polar surface area (TPSA) is 124 Å². The van der Waals surface area contributed by atoms with Gasteiger partial charge in [-0.05, 0) is 48.9 Å². The first-order valence-corrected chi connectivity index (χ1v) is 13.2. The first-order chi connectivity index (χ1) is 17.9. The van der Waals surface area contributed by atoms with Gasteiger partial charge < -0.3 is 14.5 Å². The highest BCUT2D eigenvalue weighted by atomic mass is 35.5. The molecule has 12 heteroatoms. The lowest BCUT2D eigenvalue weighted by molar-refractivity contribution is 0.415. The number of methoxy groups -OCH3 is 1. The van der Waals surface area contributed by atoms with Gasteiger partial charge in [0.15, 0.2) is 0 Å². The van der Waals surface area contributed by atoms with Gasteiger partial charge in [0.2, 0.25) is 16.0 Å². The fraction of sp³-hybridized carbons (Fsp3) is 0.160. The molecule has 0 atom stereocenters. The zero-order valence-electron chi connectivity index (χ0n) is 19.8. The third-order valence-electron chi connectivity index (χ3n) is 5.56. The van der Waals surface area contributed by atoms with Crippen LogP contribution in [-0.2, 0) is 10.0 Å². The van der Waals surface area contributed by atoms with E-state index in [4.69, 9.17) is 20.8 Å². The van der Waals surface area contributed by atoms with E-state index >= 15 is 0 Å². The van der Waals surface area contributed by atoms with E-state index in [2.05, 4.69) is 25.0 Å². The van der Waals surface area contributed by atoms with Crippen LogP contribution in [0.1, 0.15) is 6.42 Å². The van der Waals surface area contributed by atoms with Gasteiger partial charge in [0.1, 0.15) is 23.4 Å². The summed E-state index contributed by atoms with van der Waals surface area (Å²) in [6.07, 6.45) is 5.52. The van der Waals surface area contributed by atoms with Gasteiger partial charge in [-0.15, -0.1) is 0 Å². The summed E-state index contributed by atoms with van der Waals surface area (Å²) in [5.41, 5.74) is 2.94. The van der Waals surface area contributed by atoms with E-state index < -0.39 is 10.0 Å². The molecule has 5 aromatic rings. The highest BCUT2D eigenvalue weighted by molar-refractivity contribution is 7.89. The molecule has 0 aliphatic carbocycles. The standard InChI is InChI=1S/C25H23ClN6O4S/c1-35-19-5-2-4-17(16-19)22-23(32-14-15-36-25(32)31-22)21-10-13-28-24(30-21)27-11-3-12-29-37(33,34)20-8-6-18(26)7-9-20/h2,4-10,13-16,29H,3,11-12H2,1H3,(H,27,28,30). The lowest BCUT2D eigenvalue weighted by Gasteiger charge is -2.09. The number of anilines is 1. The zero-order valence-corrected chi connectivity index (χ0v) is 21.3. The SMILES string of the molecule is COc1cccc(-c2nc3occn3c2-c2ccnc(NCCCNS(=O)(=O)c3ccc(Cl)cc3)n2)c1. The van der Waals surface area contributed by atoms with E-state index in [1.54, 1.807) is 44.0 Å². The maximum atomic E-state index is 12.4. The molecule has 10 nitrogen and oxygen atoms in total. The van der Waals surface area contributed by atoms with Crippen molar-refractivity contribution in [1.29, 1.82) is 0 Å². The average Bonchev–Trinajstić information content (AvgIpc) is 3.50. The minimum atomic E-state index is -3.61. The zero-order chi connectivity index (χ0) is 25.8. The van der Waals surface area contributed by atoms with E-state index in [0.717, 1.165) is 11.3 Å². The lowest BCUT2D eigenvalue weighted by atomic mass is 10.1. The van der Waals surface area contributed by atoms with Crippen LogP contribution in [-0.4, -0.2) is 48.0 Å². The van der Waals surface area contributed by atoms with Gasteiger partial charge in [-0.25, -0.2) is 23.1 Å². The molecule has 2 aromatic carbocycles. The third kappa shape index (κ3) is 5.43. The van der Waals surface area contributed by atoms with Crippen LogP contribution in [0.3, 0.4) is 0 Å². The van der Waals surface area contributed by atoms with Crippen LogP contribution in [0.15, 0.2) is 82.6 Å². The second-order valence-electron chi connectivity index (χ2n) is 7.99. The predicted molar refractivity (Wildman–Crippen MR) is 140 cm³/mol. The van der Waals surface area contributed by atoms with Crippen molar-refractivity contribution in [1.82, 2.24) is 24.1 Å². The number of oxazole rings is 1. The van der Waals surface area contributed by atoms with Crippen molar-refractivity contribution in [2.24, 2.45) is 0 Å². The normalized spacial score (nSPS) is 11.6. The molecule has 0 spiro atoms. The molecule has 2 N–H and O–H groups in total. The van der Waals surface area contributed by atoms with E-state index in [1.165, 1.54) is 12.1 Å². The van der Waals surface area contributed by atoms with Gasteiger partial charge in [-0.3, -0.25) is 4.40 Å². The number of nitrogens with one attached hydrogen (secondary N) is 2. The Morgan fingerprint density at radius 1 is 1.08 bits per heavy atom. The van der Waals surface area contributed by atoms with Crippen molar-refractivity contribution in [3.8, 4) is 28.4 Å². The van der Waals surface area contributed by atoms with Crippen molar-refractivity contribution in [2.45, 2.75) is 11.3 Å². The third-order valence-corrected chi connectivity index (χ3v) is 7.29. The number of halogens is 1. The van der Waals surface area contributed by atoms with Crippen molar-refractivity contribution < 1.29 is 17.6 Å². The molecule has 37 heavy (non-hydrogen) atoms. The number of ether oxygens (including phenoxy) is 1. The van der Waals surface area contributed by atoms with E-state index in [0.29, 0.717) is 46.9 Å². The number of sulfonamides is 1. The Kier molecular flexibility index (Phi) is 7.08. The van der Waals surface area contributed by atoms with Gasteiger partial charge in [0.05, 0.1) is 17.7 Å². The highest BCUT2D eigenvalue weighted by Gasteiger charge is 2.20. The van der Waals surface area contributed by atoms with Crippen LogP contribution in [0.25, 0.3) is 28.5 Å². The molecule has 0 aliphatic heterocycles. The summed E-state index contributed by atoms with van der Waals surface area (Å²) in [4.78, 5) is 13.8. The van der Waals surface area contributed by atoms with Crippen LogP contribution in [0.4, 0.5) is 5.95 Å². The first kappa shape index (κ1) is 24.8. The summed E-state index contributed by atoms with van der Waals surface area (Å²) in [5.74, 6) is 1.56. The predicted octanol–water partition coefficient (Wildman–Crippen LogP) is 4.49. The number of benzene rings is 2. The summed E-state index contributed by atoms with van der Waals surface area (Å²) >= 11 is 5.83. The smallest absolute Gasteiger partial charge is 0.306 e. The number of nitrogens with zero attached hydrogens (tertiary/aromatic N) is 4. The van der Waals surface area contributed by atoms with Crippen LogP contribution in [0.2, 0.25) is 5.02 Å². The Morgan fingerprint density at radius 2 is 1.92 bits per heavy atom. The number of fused-ring (bicyclic) bond motifs is 1. The summed E-state index contributed by atoms with van der Waals surface area (Å²) < 4.78 is 40.1. The molecule has 0 amide bonds. The molecule has 0 unspecified atom stereocenters. The van der Waals surface area contributed by atoms with Crippen LogP contribution < -0.4 is 14.8 Å². The molecule has 5 rings (SSSR count). The Hall–Kier alpha value is -3.93. The monoisotopic (exact) mass is 538 g/mol. The van der Waals surface area contributed by atoms with Gasteiger partial charge in [0.25, 0.3) is 0 Å². The van der Waals surface area contributed by atoms with Gasteiger partial charge >= 0.3 is 5.84 Å². The highest BCUT2D eigenvalue weighted by Crippen LogP contribution is 2.33. The molecule has 0 bridgehead atoms. The molecule has 190 valence electrons. The number of hydrogen-bond acceptors (Lipinski definition) is 8. The number of imidazole rings is 1. The van der Waals surface area contributed by atoms with Crippen LogP contribution >= 0.6 is 11.6 Å². The molecule has 0 saturated heterocycles. The van der Waals surface area contributed by atoms with Crippen LogP contribution in [0, 0.1) is 0 Å². The maximum Gasteiger partial charge on any atom is 0.306 e. The van der Waals surface area contributed by atoms with E-state index in [-0.39, 0.29) is 11.4 Å². The second kappa shape index (κ2) is 10.6. The Labute approximate surface area is 218 Å². The van der Waals surface area contributed by atoms with Gasteiger partial charge in [-0.2, -0.15) is 4.98 Å². The Morgan fingerprint density at radius 3 is 2.73 bits per heavy atom. The van der Waals surface area contributed by atoms with Crippen LogP contribution in [0.5, 0.6) is 5.75 Å². The summed E-state index contributed by atoms with van der Waals surface area (Å²) in [6.45, 7) is 0.707. The van der Waals surface area contributed by atoms with Crippen molar-refractivity contribution in [2.75, 3.05) is 25.5 Å². The molecule has 3 aromatic heterocycles. The molecule has 0 saturated carbocycles. The fourth-order valence-corrected chi connectivity index (χ4v) is 4.97. The first-order valence-electron chi connectivity index (χ1n) is 11.4. The summed E-state index contributed by atoms with van der Waals surface area (Å²) in [5, 5.41) is 3.63. The minimum Gasteiger partial charge on any atom is -0.497 e. The van der Waals surface area contributed by atoms with Crippen molar-refractivity contribution in [3.05, 3.63) is 78.3 Å². The average molecular weight is 539 g/mol.